The van der Waals surface area contributed by atoms with Crippen molar-refractivity contribution in [1.82, 2.24) is 5.43 Å². The minimum absolute atomic E-state index is 0.0183. The topological polar surface area (TPSA) is 81.9 Å². The summed E-state index contributed by atoms with van der Waals surface area (Å²) >= 11 is 0. The maximum atomic E-state index is 11.7. The molecule has 0 saturated heterocycles. The molecular formula is C16H16N2O3. The van der Waals surface area contributed by atoms with E-state index in [-0.39, 0.29) is 23.8 Å². The Morgan fingerprint density at radius 1 is 1.24 bits per heavy atom. The lowest BCUT2D eigenvalue weighted by molar-refractivity contribution is -0.120. The van der Waals surface area contributed by atoms with Gasteiger partial charge in [0.2, 0.25) is 5.91 Å². The molecule has 0 aliphatic carbocycles. The second kappa shape index (κ2) is 6.56. The van der Waals surface area contributed by atoms with E-state index < -0.39 is 0 Å². The molecule has 21 heavy (non-hydrogen) atoms. The normalized spacial score (nSPS) is 10.7. The average Bonchev–Trinajstić information content (AvgIpc) is 2.42. The number of rotatable bonds is 4. The number of nitrogens with one attached hydrogen (secondary N) is 1. The van der Waals surface area contributed by atoms with E-state index in [2.05, 4.69) is 10.5 Å². The minimum atomic E-state index is -0.242. The molecule has 0 fully saturated rings. The molecule has 0 heterocycles. The van der Waals surface area contributed by atoms with Gasteiger partial charge in [0.25, 0.3) is 0 Å². The van der Waals surface area contributed by atoms with Gasteiger partial charge in [0.15, 0.2) is 0 Å². The number of nitrogens with zero attached hydrogens (tertiary/aromatic N) is 1. The Hall–Kier alpha value is -2.82. The summed E-state index contributed by atoms with van der Waals surface area (Å²) in [5.74, 6) is -0.350. The molecule has 2 aromatic rings. The van der Waals surface area contributed by atoms with Crippen molar-refractivity contribution in [2.75, 3.05) is 0 Å². The van der Waals surface area contributed by atoms with Crippen LogP contribution in [0.25, 0.3) is 0 Å². The number of hydrogen-bond donors (Lipinski definition) is 3. The van der Waals surface area contributed by atoms with Crippen LogP contribution in [0.2, 0.25) is 0 Å². The number of aryl methyl sites for hydroxylation is 1. The molecule has 0 aliphatic rings. The van der Waals surface area contributed by atoms with Crippen molar-refractivity contribution < 1.29 is 15.0 Å². The Morgan fingerprint density at radius 3 is 2.62 bits per heavy atom. The monoisotopic (exact) mass is 284 g/mol. The van der Waals surface area contributed by atoms with Gasteiger partial charge in [-0.2, -0.15) is 5.10 Å². The zero-order valence-electron chi connectivity index (χ0n) is 11.6. The fourth-order valence-electron chi connectivity index (χ4n) is 1.92. The quantitative estimate of drug-likeness (QED) is 0.594. The molecule has 1 amide bonds. The fraction of sp³-hybridized carbons (Fsp3) is 0.125. The molecule has 3 N–H and O–H groups in total. The third kappa shape index (κ3) is 4.07. The van der Waals surface area contributed by atoms with E-state index in [1.807, 2.05) is 30.3 Å². The highest BCUT2D eigenvalue weighted by molar-refractivity contribution is 5.87. The second-order valence-corrected chi connectivity index (χ2v) is 4.65. The van der Waals surface area contributed by atoms with Crippen LogP contribution in [0.4, 0.5) is 0 Å². The number of carbonyl (C=O) groups excluding carboxylic acids is 1. The van der Waals surface area contributed by atoms with Crippen LogP contribution in [0.1, 0.15) is 16.7 Å². The highest BCUT2D eigenvalue weighted by Crippen LogP contribution is 2.24. The van der Waals surface area contributed by atoms with Crippen molar-refractivity contribution in [1.29, 1.82) is 0 Å². The summed E-state index contributed by atoms with van der Waals surface area (Å²) in [7, 11) is 0. The van der Waals surface area contributed by atoms with E-state index in [0.717, 1.165) is 5.56 Å². The van der Waals surface area contributed by atoms with Crippen LogP contribution in [0.3, 0.4) is 0 Å². The standard InChI is InChI=1S/C16H16N2O3/c1-11-7-13(19)9-15(20)14(11)10-17-18-16(21)8-12-5-3-2-4-6-12/h2-7,9-10,19-20H,8H2,1H3,(H,18,21). The van der Waals surface area contributed by atoms with Gasteiger partial charge in [-0.05, 0) is 24.1 Å². The second-order valence-electron chi connectivity index (χ2n) is 4.65. The number of amides is 1. The van der Waals surface area contributed by atoms with E-state index >= 15 is 0 Å². The summed E-state index contributed by atoms with van der Waals surface area (Å²) in [5.41, 5.74) is 4.42. The van der Waals surface area contributed by atoms with Gasteiger partial charge < -0.3 is 10.2 Å². The zero-order chi connectivity index (χ0) is 15.2. The first-order valence-electron chi connectivity index (χ1n) is 6.44. The number of hydrogen-bond acceptors (Lipinski definition) is 4. The van der Waals surface area contributed by atoms with E-state index in [9.17, 15) is 15.0 Å². The molecule has 0 radical (unpaired) electrons. The highest BCUT2D eigenvalue weighted by atomic mass is 16.3. The molecule has 0 bridgehead atoms. The lowest BCUT2D eigenvalue weighted by atomic mass is 10.1. The van der Waals surface area contributed by atoms with Crippen LogP contribution in [-0.2, 0) is 11.2 Å². The molecule has 5 heteroatoms. The van der Waals surface area contributed by atoms with Crippen LogP contribution in [0.15, 0.2) is 47.6 Å². The molecule has 2 aromatic carbocycles. The maximum Gasteiger partial charge on any atom is 0.244 e. The SMILES string of the molecule is Cc1cc(O)cc(O)c1C=NNC(=O)Cc1ccccc1. The third-order valence-electron chi connectivity index (χ3n) is 2.94. The van der Waals surface area contributed by atoms with Crippen LogP contribution >= 0.6 is 0 Å². The van der Waals surface area contributed by atoms with E-state index in [1.54, 1.807) is 6.92 Å². The summed E-state index contributed by atoms with van der Waals surface area (Å²) in [6.07, 6.45) is 1.59. The van der Waals surface area contributed by atoms with Crippen LogP contribution in [-0.4, -0.2) is 22.3 Å². The molecule has 0 aliphatic heterocycles. The summed E-state index contributed by atoms with van der Waals surface area (Å²) in [5, 5.41) is 22.9. The van der Waals surface area contributed by atoms with Crippen molar-refractivity contribution >= 4 is 12.1 Å². The summed E-state index contributed by atoms with van der Waals surface area (Å²) in [6, 6.07) is 12.1. The Labute approximate surface area is 122 Å². The Bertz CT molecular complexity index is 643. The number of phenols is 2. The van der Waals surface area contributed by atoms with Gasteiger partial charge in [0.05, 0.1) is 12.6 Å². The molecule has 5 nitrogen and oxygen atoms in total. The zero-order valence-corrected chi connectivity index (χ0v) is 11.6. The minimum Gasteiger partial charge on any atom is -0.508 e. The molecule has 0 spiro atoms. The molecule has 2 rings (SSSR count). The molecule has 0 atom stereocenters. The molecule has 0 unspecified atom stereocenters. The molecule has 0 saturated carbocycles. The first-order chi connectivity index (χ1) is 10.1. The Kier molecular flexibility index (Phi) is 4.56. The van der Waals surface area contributed by atoms with Crippen LogP contribution < -0.4 is 5.43 Å². The maximum absolute atomic E-state index is 11.7. The van der Waals surface area contributed by atoms with Gasteiger partial charge >= 0.3 is 0 Å². The van der Waals surface area contributed by atoms with Crippen LogP contribution in [0, 0.1) is 6.92 Å². The predicted molar refractivity (Wildman–Crippen MR) is 80.4 cm³/mol. The van der Waals surface area contributed by atoms with Gasteiger partial charge in [0, 0.05) is 11.6 Å². The van der Waals surface area contributed by atoms with Crippen molar-refractivity contribution in [3.63, 3.8) is 0 Å². The molecule has 0 aromatic heterocycles. The highest BCUT2D eigenvalue weighted by Gasteiger charge is 2.05. The van der Waals surface area contributed by atoms with Gasteiger partial charge in [-0.15, -0.1) is 0 Å². The summed E-state index contributed by atoms with van der Waals surface area (Å²) in [6.45, 7) is 1.73. The summed E-state index contributed by atoms with van der Waals surface area (Å²) in [4.78, 5) is 11.7. The average molecular weight is 284 g/mol. The number of benzene rings is 2. The van der Waals surface area contributed by atoms with Crippen molar-refractivity contribution in [2.24, 2.45) is 5.10 Å². The first kappa shape index (κ1) is 14.6. The molecule has 108 valence electrons. The number of aromatic hydroxyl groups is 2. The summed E-state index contributed by atoms with van der Waals surface area (Å²) < 4.78 is 0. The lowest BCUT2D eigenvalue weighted by Crippen LogP contribution is -2.19. The first-order valence-corrected chi connectivity index (χ1v) is 6.44. The fourth-order valence-corrected chi connectivity index (χ4v) is 1.92. The number of phenolic OH excluding ortho intramolecular Hbond substituents is 2. The van der Waals surface area contributed by atoms with E-state index in [1.165, 1.54) is 18.3 Å². The number of carbonyl (C=O) groups is 1. The van der Waals surface area contributed by atoms with Crippen molar-refractivity contribution in [2.45, 2.75) is 13.3 Å². The predicted octanol–water partition coefficient (Wildman–Crippen LogP) is 2.10. The lowest BCUT2D eigenvalue weighted by Gasteiger charge is -2.04. The number of hydrazone groups is 1. The van der Waals surface area contributed by atoms with Gasteiger partial charge in [0.1, 0.15) is 11.5 Å². The third-order valence-corrected chi connectivity index (χ3v) is 2.94. The van der Waals surface area contributed by atoms with Crippen LogP contribution in [0.5, 0.6) is 11.5 Å². The molecular weight excluding hydrogens is 268 g/mol. The van der Waals surface area contributed by atoms with Gasteiger partial charge in [-0.3, -0.25) is 4.79 Å². The van der Waals surface area contributed by atoms with Crippen molar-refractivity contribution in [3.8, 4) is 11.5 Å². The van der Waals surface area contributed by atoms with E-state index in [4.69, 9.17) is 0 Å². The van der Waals surface area contributed by atoms with Gasteiger partial charge in [-0.1, -0.05) is 30.3 Å². The largest absolute Gasteiger partial charge is 0.508 e. The van der Waals surface area contributed by atoms with E-state index in [0.29, 0.717) is 11.1 Å². The Balaban J connectivity index is 1.98. The van der Waals surface area contributed by atoms with Crippen molar-refractivity contribution in [3.05, 3.63) is 59.2 Å². The Morgan fingerprint density at radius 2 is 1.95 bits per heavy atom. The van der Waals surface area contributed by atoms with Gasteiger partial charge in [-0.25, -0.2) is 5.43 Å². The smallest absolute Gasteiger partial charge is 0.244 e.